The van der Waals surface area contributed by atoms with Crippen LogP contribution in [0.4, 0.5) is 0 Å². The lowest BCUT2D eigenvalue weighted by molar-refractivity contribution is -0.118. The van der Waals surface area contributed by atoms with Crippen molar-refractivity contribution in [2.24, 2.45) is 0 Å². The van der Waals surface area contributed by atoms with Gasteiger partial charge in [0, 0.05) is 19.3 Å². The molecule has 0 aromatic carbocycles. The number of carbonyl (C=O) groups is 1. The number of hydrogen-bond donors (Lipinski definition) is 0. The van der Waals surface area contributed by atoms with Gasteiger partial charge in [-0.3, -0.25) is 9.59 Å². The first-order valence-electron chi connectivity index (χ1n) is 2.68. The van der Waals surface area contributed by atoms with Crippen LogP contribution in [0, 0.1) is 0 Å². The Morgan fingerprint density at radius 1 is 1.62 bits per heavy atom. The molecule has 0 aliphatic carbocycles. The molecule has 0 fully saturated rings. The van der Waals surface area contributed by atoms with Gasteiger partial charge in [-0.25, -0.2) is 0 Å². The molecule has 0 aliphatic heterocycles. The molecule has 8 heavy (non-hydrogen) atoms. The summed E-state index contributed by atoms with van der Waals surface area (Å²) in [5, 5.41) is 0. The minimum atomic E-state index is 0.133. The van der Waals surface area contributed by atoms with Crippen LogP contribution in [0.25, 0.3) is 0 Å². The summed E-state index contributed by atoms with van der Waals surface area (Å²) < 4.78 is 0. The van der Waals surface area contributed by atoms with Gasteiger partial charge in [-0.1, -0.05) is 6.92 Å². The van der Waals surface area contributed by atoms with Crippen LogP contribution in [0.2, 0.25) is 0 Å². The molecule has 45 valence electrons. The molecule has 0 saturated carbocycles. The monoisotopic (exact) mass is 113 g/mol. The normalized spacial score (nSPS) is 8.62. The minimum Gasteiger partial charge on any atom is -0.300 e. The van der Waals surface area contributed by atoms with E-state index in [9.17, 15) is 9.59 Å². The van der Waals surface area contributed by atoms with E-state index in [-0.39, 0.29) is 12.2 Å². The number of rotatable bonds is 4. The topological polar surface area (TPSA) is 34.1 Å². The molecule has 0 unspecified atom stereocenters. The smallest absolute Gasteiger partial charge is 0.198 e. The van der Waals surface area contributed by atoms with Crippen molar-refractivity contribution in [3.8, 4) is 0 Å². The van der Waals surface area contributed by atoms with Crippen LogP contribution in [0.5, 0.6) is 0 Å². The maximum absolute atomic E-state index is 10.4. The molecule has 2 heteroatoms. The Bertz CT molecular complexity index is 86.5. The van der Waals surface area contributed by atoms with Crippen molar-refractivity contribution in [3.63, 3.8) is 0 Å². The van der Waals surface area contributed by atoms with E-state index in [1.807, 2.05) is 0 Å². The summed E-state index contributed by atoms with van der Waals surface area (Å²) in [6, 6.07) is 0. The fraction of sp³-hybridized carbons (Fsp3) is 0.667. The van der Waals surface area contributed by atoms with Gasteiger partial charge in [0.05, 0.1) is 0 Å². The van der Waals surface area contributed by atoms with Gasteiger partial charge in [0.2, 0.25) is 0 Å². The van der Waals surface area contributed by atoms with Crippen molar-refractivity contribution in [1.82, 2.24) is 0 Å². The van der Waals surface area contributed by atoms with Crippen LogP contribution >= 0.6 is 0 Å². The van der Waals surface area contributed by atoms with E-state index in [2.05, 4.69) is 0 Å². The summed E-state index contributed by atoms with van der Waals surface area (Å²) in [6.45, 7) is 1.78. The highest BCUT2D eigenvalue weighted by Crippen LogP contribution is 1.89. The Kier molecular flexibility index (Phi) is 4.13. The number of hydrogen-bond acceptors (Lipinski definition) is 2. The molecule has 0 heterocycles. The lowest BCUT2D eigenvalue weighted by Crippen LogP contribution is -1.93. The lowest BCUT2D eigenvalue weighted by atomic mass is 10.2. The largest absolute Gasteiger partial charge is 0.300 e. The summed E-state index contributed by atoms with van der Waals surface area (Å²) in [5.41, 5.74) is 0. The molecule has 0 aromatic rings. The summed E-state index contributed by atoms with van der Waals surface area (Å²) in [6.07, 6.45) is 2.81. The van der Waals surface area contributed by atoms with Crippen molar-refractivity contribution in [3.05, 3.63) is 0 Å². The van der Waals surface area contributed by atoms with Crippen LogP contribution in [0.3, 0.4) is 0 Å². The Morgan fingerprint density at radius 3 is 2.62 bits per heavy atom. The Labute approximate surface area is 48.9 Å². The SMILES string of the molecule is CCC(=O)CC[C]=O. The summed E-state index contributed by atoms with van der Waals surface area (Å²) in [4.78, 5) is 19.9. The standard InChI is InChI=1S/C6H9O2/c1-2-6(8)4-3-5-7/h2-4H2,1H3. The predicted octanol–water partition coefficient (Wildman–Crippen LogP) is 0.855. The van der Waals surface area contributed by atoms with Gasteiger partial charge in [-0.05, 0) is 0 Å². The second-order valence-electron chi connectivity index (χ2n) is 1.54. The molecule has 0 spiro atoms. The third-order valence-corrected chi connectivity index (χ3v) is 0.900. The average Bonchev–Trinajstić information content (AvgIpc) is 1.83. The first kappa shape index (κ1) is 7.34. The Hall–Kier alpha value is -0.660. The highest BCUT2D eigenvalue weighted by atomic mass is 16.1. The summed E-state index contributed by atoms with van der Waals surface area (Å²) in [7, 11) is 0. The highest BCUT2D eigenvalue weighted by molar-refractivity contribution is 5.79. The zero-order chi connectivity index (χ0) is 6.41. The zero-order valence-corrected chi connectivity index (χ0v) is 4.94. The third kappa shape index (κ3) is 3.53. The van der Waals surface area contributed by atoms with E-state index in [1.165, 1.54) is 0 Å². The molecule has 0 saturated heterocycles. The van der Waals surface area contributed by atoms with Gasteiger partial charge in [0.25, 0.3) is 0 Å². The number of ketones is 1. The minimum absolute atomic E-state index is 0.133. The first-order chi connectivity index (χ1) is 3.81. The Balaban J connectivity index is 3.11. The fourth-order valence-corrected chi connectivity index (χ4v) is 0.367. The molecular weight excluding hydrogens is 104 g/mol. The maximum Gasteiger partial charge on any atom is 0.198 e. The Morgan fingerprint density at radius 2 is 2.25 bits per heavy atom. The van der Waals surface area contributed by atoms with E-state index >= 15 is 0 Å². The molecule has 0 aromatic heterocycles. The molecule has 1 radical (unpaired) electrons. The molecule has 2 nitrogen and oxygen atoms in total. The van der Waals surface area contributed by atoms with E-state index < -0.39 is 0 Å². The molecule has 0 bridgehead atoms. The van der Waals surface area contributed by atoms with Crippen molar-refractivity contribution < 1.29 is 9.59 Å². The molecule has 0 aliphatic rings. The van der Waals surface area contributed by atoms with Crippen molar-refractivity contribution in [2.75, 3.05) is 0 Å². The maximum atomic E-state index is 10.4. The quantitative estimate of drug-likeness (QED) is 0.541. The van der Waals surface area contributed by atoms with Crippen LogP contribution < -0.4 is 0 Å². The van der Waals surface area contributed by atoms with Gasteiger partial charge in [0.15, 0.2) is 6.29 Å². The molecule has 0 rings (SSSR count). The van der Waals surface area contributed by atoms with Gasteiger partial charge < -0.3 is 0 Å². The van der Waals surface area contributed by atoms with Gasteiger partial charge >= 0.3 is 0 Å². The molecule has 0 N–H and O–H groups in total. The van der Waals surface area contributed by atoms with E-state index in [1.54, 1.807) is 13.2 Å². The highest BCUT2D eigenvalue weighted by Gasteiger charge is 1.94. The van der Waals surface area contributed by atoms with E-state index in [0.717, 1.165) is 0 Å². The van der Waals surface area contributed by atoms with Gasteiger partial charge in [0.1, 0.15) is 5.78 Å². The van der Waals surface area contributed by atoms with Crippen molar-refractivity contribution in [2.45, 2.75) is 26.2 Å². The average molecular weight is 113 g/mol. The van der Waals surface area contributed by atoms with Gasteiger partial charge in [-0.2, -0.15) is 0 Å². The predicted molar refractivity (Wildman–Crippen MR) is 30.2 cm³/mol. The molecular formula is C6H9O2. The molecule has 0 amide bonds. The van der Waals surface area contributed by atoms with E-state index in [0.29, 0.717) is 12.8 Å². The van der Waals surface area contributed by atoms with Gasteiger partial charge in [-0.15, -0.1) is 0 Å². The van der Waals surface area contributed by atoms with Crippen molar-refractivity contribution in [1.29, 1.82) is 0 Å². The van der Waals surface area contributed by atoms with Crippen molar-refractivity contribution >= 4 is 12.1 Å². The number of Topliss-reactive ketones (excluding diaryl/α,β-unsaturated/α-hetero) is 1. The van der Waals surface area contributed by atoms with Crippen LogP contribution in [-0.2, 0) is 9.59 Å². The van der Waals surface area contributed by atoms with E-state index in [4.69, 9.17) is 0 Å². The van der Waals surface area contributed by atoms with Crippen LogP contribution in [0.1, 0.15) is 26.2 Å². The first-order valence-corrected chi connectivity index (χ1v) is 2.68. The fourth-order valence-electron chi connectivity index (χ4n) is 0.367. The van der Waals surface area contributed by atoms with Crippen LogP contribution in [-0.4, -0.2) is 12.1 Å². The van der Waals surface area contributed by atoms with Crippen LogP contribution in [0.15, 0.2) is 0 Å². The number of carbonyl (C=O) groups excluding carboxylic acids is 2. The second kappa shape index (κ2) is 4.50. The summed E-state index contributed by atoms with van der Waals surface area (Å²) >= 11 is 0. The molecule has 0 atom stereocenters. The summed E-state index contributed by atoms with van der Waals surface area (Å²) in [5.74, 6) is 0.133. The zero-order valence-electron chi connectivity index (χ0n) is 4.94. The third-order valence-electron chi connectivity index (χ3n) is 0.900. The lowest BCUT2D eigenvalue weighted by Gasteiger charge is -1.86. The second-order valence-corrected chi connectivity index (χ2v) is 1.54.